The van der Waals surface area contributed by atoms with E-state index in [-0.39, 0.29) is 5.91 Å². The van der Waals surface area contributed by atoms with Gasteiger partial charge in [-0.2, -0.15) is 0 Å². The smallest absolute Gasteiger partial charge is 0.220 e. The summed E-state index contributed by atoms with van der Waals surface area (Å²) in [6.45, 7) is 0.626. The highest BCUT2D eigenvalue weighted by atomic mass is 16.1. The molecule has 0 aliphatic carbocycles. The number of unbranched alkanes of at least 4 members (excludes halogenated alkanes) is 1. The molecule has 2 N–H and O–H groups in total. The summed E-state index contributed by atoms with van der Waals surface area (Å²) in [6.07, 6.45) is 11.6. The van der Waals surface area contributed by atoms with Crippen molar-refractivity contribution in [3.8, 4) is 0 Å². The number of aromatic nitrogens is 3. The van der Waals surface area contributed by atoms with Crippen LogP contribution < -0.4 is 5.32 Å². The highest BCUT2D eigenvalue weighted by molar-refractivity contribution is 5.75. The summed E-state index contributed by atoms with van der Waals surface area (Å²) in [6, 6.07) is 25.4. The van der Waals surface area contributed by atoms with Gasteiger partial charge in [0.15, 0.2) is 0 Å². The van der Waals surface area contributed by atoms with Gasteiger partial charge in [0.1, 0.15) is 5.82 Å². The quantitative estimate of drug-likeness (QED) is 0.251. The van der Waals surface area contributed by atoms with E-state index in [1.165, 1.54) is 16.7 Å². The molecule has 2 aromatic heterocycles. The summed E-state index contributed by atoms with van der Waals surface area (Å²) in [5.74, 6) is 1.45. The first-order chi connectivity index (χ1) is 17.3. The first-order valence-electron chi connectivity index (χ1n) is 12.6. The predicted octanol–water partition coefficient (Wildman–Crippen LogP) is 5.64. The third-order valence-corrected chi connectivity index (χ3v) is 6.34. The minimum absolute atomic E-state index is 0.119. The van der Waals surface area contributed by atoms with Gasteiger partial charge in [0.2, 0.25) is 5.91 Å². The number of hydrogen-bond acceptors (Lipinski definition) is 3. The molecule has 4 aromatic rings. The van der Waals surface area contributed by atoms with Crippen molar-refractivity contribution in [1.82, 2.24) is 20.3 Å². The monoisotopic (exact) mass is 466 g/mol. The maximum atomic E-state index is 12.1. The summed E-state index contributed by atoms with van der Waals surface area (Å²) in [5.41, 5.74) is 4.99. The van der Waals surface area contributed by atoms with Gasteiger partial charge >= 0.3 is 0 Å². The average Bonchev–Trinajstić information content (AvgIpc) is 3.36. The Morgan fingerprint density at radius 3 is 2.20 bits per heavy atom. The van der Waals surface area contributed by atoms with Gasteiger partial charge in [-0.3, -0.25) is 9.78 Å². The molecule has 1 amide bonds. The number of rotatable bonds is 13. The SMILES string of the molecule is O=C(CCCCc1ccncc1)NCCc1cnc(CCC(c2ccccc2)c2ccccc2)[nH]1. The van der Waals surface area contributed by atoms with E-state index in [1.807, 2.05) is 30.7 Å². The summed E-state index contributed by atoms with van der Waals surface area (Å²) in [5, 5.41) is 3.04. The number of hydrogen-bond donors (Lipinski definition) is 2. The molecule has 0 saturated heterocycles. The summed E-state index contributed by atoms with van der Waals surface area (Å²) in [4.78, 5) is 24.2. The zero-order valence-electron chi connectivity index (χ0n) is 20.2. The van der Waals surface area contributed by atoms with Crippen LogP contribution in [-0.2, 0) is 24.1 Å². The Morgan fingerprint density at radius 1 is 0.829 bits per heavy atom. The van der Waals surface area contributed by atoms with Crippen LogP contribution in [0.15, 0.2) is 91.4 Å². The third-order valence-electron chi connectivity index (χ3n) is 6.34. The Morgan fingerprint density at radius 2 is 1.51 bits per heavy atom. The van der Waals surface area contributed by atoms with Crippen molar-refractivity contribution in [2.75, 3.05) is 6.54 Å². The molecule has 0 radical (unpaired) electrons. The molecule has 0 spiro atoms. The molecule has 0 unspecified atom stereocenters. The van der Waals surface area contributed by atoms with E-state index < -0.39 is 0 Å². The van der Waals surface area contributed by atoms with Crippen molar-refractivity contribution in [2.24, 2.45) is 0 Å². The van der Waals surface area contributed by atoms with E-state index in [4.69, 9.17) is 0 Å². The van der Waals surface area contributed by atoms with Gasteiger partial charge in [-0.1, -0.05) is 60.7 Å². The van der Waals surface area contributed by atoms with Crippen LogP contribution in [0, 0.1) is 0 Å². The van der Waals surface area contributed by atoms with E-state index in [0.717, 1.165) is 50.0 Å². The van der Waals surface area contributed by atoms with E-state index in [9.17, 15) is 4.79 Å². The maximum Gasteiger partial charge on any atom is 0.220 e. The van der Waals surface area contributed by atoms with Gasteiger partial charge in [-0.05, 0) is 54.5 Å². The first-order valence-corrected chi connectivity index (χ1v) is 12.6. The number of benzene rings is 2. The second kappa shape index (κ2) is 13.2. The Balaban J connectivity index is 1.18. The molecule has 0 aliphatic rings. The molecule has 0 fully saturated rings. The second-order valence-electron chi connectivity index (χ2n) is 8.93. The van der Waals surface area contributed by atoms with Crippen LogP contribution in [0.5, 0.6) is 0 Å². The molecule has 2 aromatic carbocycles. The predicted molar refractivity (Wildman–Crippen MR) is 140 cm³/mol. The number of carbonyl (C=O) groups is 1. The van der Waals surface area contributed by atoms with Crippen LogP contribution in [0.2, 0.25) is 0 Å². The van der Waals surface area contributed by atoms with Crippen LogP contribution in [0.25, 0.3) is 0 Å². The molecule has 0 saturated carbocycles. The summed E-state index contributed by atoms with van der Waals surface area (Å²) < 4.78 is 0. The van der Waals surface area contributed by atoms with Crippen molar-refractivity contribution in [1.29, 1.82) is 0 Å². The number of aromatic amines is 1. The normalized spacial score (nSPS) is 11.0. The number of carbonyl (C=O) groups excluding carboxylic acids is 1. The summed E-state index contributed by atoms with van der Waals surface area (Å²) in [7, 11) is 0. The molecule has 5 heteroatoms. The number of H-pyrrole nitrogens is 1. The fraction of sp³-hybridized carbons (Fsp3) is 0.300. The first kappa shape index (κ1) is 24.4. The molecular formula is C30H34N4O. The van der Waals surface area contributed by atoms with Crippen LogP contribution in [-0.4, -0.2) is 27.4 Å². The van der Waals surface area contributed by atoms with Gasteiger partial charge in [-0.25, -0.2) is 4.98 Å². The summed E-state index contributed by atoms with van der Waals surface area (Å²) >= 11 is 0. The van der Waals surface area contributed by atoms with Gasteiger partial charge in [0.25, 0.3) is 0 Å². The van der Waals surface area contributed by atoms with Crippen molar-refractivity contribution in [3.63, 3.8) is 0 Å². The lowest BCUT2D eigenvalue weighted by Crippen LogP contribution is -2.25. The lowest BCUT2D eigenvalue weighted by Gasteiger charge is -2.17. The van der Waals surface area contributed by atoms with Crippen LogP contribution >= 0.6 is 0 Å². The number of aryl methyl sites for hydroxylation is 2. The van der Waals surface area contributed by atoms with Crippen molar-refractivity contribution in [3.05, 3.63) is 120 Å². The van der Waals surface area contributed by atoms with E-state index in [1.54, 1.807) is 0 Å². The molecule has 0 bridgehead atoms. The molecule has 2 heterocycles. The zero-order chi connectivity index (χ0) is 24.1. The van der Waals surface area contributed by atoms with Crippen molar-refractivity contribution < 1.29 is 4.79 Å². The van der Waals surface area contributed by atoms with E-state index in [0.29, 0.717) is 18.9 Å². The Bertz CT molecular complexity index is 1100. The molecule has 35 heavy (non-hydrogen) atoms. The molecule has 0 aliphatic heterocycles. The largest absolute Gasteiger partial charge is 0.356 e. The molecule has 4 rings (SSSR count). The number of amides is 1. The Hall–Kier alpha value is -3.73. The van der Waals surface area contributed by atoms with Gasteiger partial charge in [0.05, 0.1) is 0 Å². The molecule has 5 nitrogen and oxygen atoms in total. The van der Waals surface area contributed by atoms with E-state index >= 15 is 0 Å². The number of pyridine rings is 1. The third kappa shape index (κ3) is 7.92. The zero-order valence-corrected chi connectivity index (χ0v) is 20.2. The Kier molecular flexibility index (Phi) is 9.22. The number of nitrogens with one attached hydrogen (secondary N) is 2. The topological polar surface area (TPSA) is 70.7 Å². The second-order valence-corrected chi connectivity index (χ2v) is 8.93. The van der Waals surface area contributed by atoms with Crippen LogP contribution in [0.3, 0.4) is 0 Å². The van der Waals surface area contributed by atoms with Gasteiger partial charge in [0, 0.05) is 56.0 Å². The molecule has 180 valence electrons. The number of imidazole rings is 1. The maximum absolute atomic E-state index is 12.1. The van der Waals surface area contributed by atoms with E-state index in [2.05, 4.69) is 80.9 Å². The lowest BCUT2D eigenvalue weighted by atomic mass is 9.87. The van der Waals surface area contributed by atoms with Crippen LogP contribution in [0.4, 0.5) is 0 Å². The minimum Gasteiger partial charge on any atom is -0.356 e. The van der Waals surface area contributed by atoms with Gasteiger partial charge in [-0.15, -0.1) is 0 Å². The van der Waals surface area contributed by atoms with Crippen LogP contribution in [0.1, 0.15) is 59.8 Å². The number of nitrogens with zero attached hydrogens (tertiary/aromatic N) is 2. The lowest BCUT2D eigenvalue weighted by molar-refractivity contribution is -0.121. The molecular weight excluding hydrogens is 432 g/mol. The standard InChI is InChI=1S/C30H34N4O/c35-30(14-8-7-9-24-17-20-31-21-18-24)32-22-19-27-23-33-29(34-27)16-15-28(25-10-3-1-4-11-25)26-12-5-2-6-13-26/h1-6,10-13,17-18,20-21,23,28H,7-9,14-16,19,22H2,(H,32,35)(H,33,34). The molecule has 0 atom stereocenters. The highest BCUT2D eigenvalue weighted by Gasteiger charge is 2.15. The fourth-order valence-corrected chi connectivity index (χ4v) is 4.43. The van der Waals surface area contributed by atoms with Crippen molar-refractivity contribution >= 4 is 5.91 Å². The Labute approximate surface area is 208 Å². The fourth-order valence-electron chi connectivity index (χ4n) is 4.43. The average molecular weight is 467 g/mol. The minimum atomic E-state index is 0.119. The van der Waals surface area contributed by atoms with Crippen molar-refractivity contribution in [2.45, 2.75) is 50.9 Å². The van der Waals surface area contributed by atoms with Gasteiger partial charge < -0.3 is 10.3 Å². The highest BCUT2D eigenvalue weighted by Crippen LogP contribution is 2.28.